The summed E-state index contributed by atoms with van der Waals surface area (Å²) < 4.78 is 16.0. The highest BCUT2D eigenvalue weighted by atomic mass is 35.5. The maximum Gasteiger partial charge on any atom is 0.510 e. The normalized spacial score (nSPS) is 11.8. The van der Waals surface area contributed by atoms with Crippen LogP contribution in [0.5, 0.6) is 0 Å². The second-order valence-corrected chi connectivity index (χ2v) is 8.58. The van der Waals surface area contributed by atoms with Gasteiger partial charge in [0.1, 0.15) is 13.2 Å². The van der Waals surface area contributed by atoms with Gasteiger partial charge in [-0.3, -0.25) is 19.0 Å². The van der Waals surface area contributed by atoms with E-state index in [1.54, 1.807) is 35.8 Å². The van der Waals surface area contributed by atoms with Gasteiger partial charge in [-0.2, -0.15) is 0 Å². The lowest BCUT2D eigenvalue weighted by Gasteiger charge is -2.09. The number of carbonyl (C=O) groups is 3. The molecule has 1 atom stereocenters. The largest absolute Gasteiger partial charge is 0.510 e. The number of benzene rings is 2. The van der Waals surface area contributed by atoms with Crippen LogP contribution < -0.4 is 0 Å². The van der Waals surface area contributed by atoms with E-state index >= 15 is 0 Å². The van der Waals surface area contributed by atoms with Crippen LogP contribution in [0.4, 0.5) is 4.79 Å². The molecule has 3 aromatic rings. The number of ether oxygens (including phenoxy) is 3. The van der Waals surface area contributed by atoms with Crippen molar-refractivity contribution >= 4 is 40.5 Å². The van der Waals surface area contributed by atoms with Crippen LogP contribution in [0.15, 0.2) is 54.6 Å². The van der Waals surface area contributed by atoms with Crippen molar-refractivity contribution in [2.75, 3.05) is 13.2 Å². The topological polar surface area (TPSA) is 136 Å². The molecule has 0 fully saturated rings. The lowest BCUT2D eigenvalue weighted by Crippen LogP contribution is -2.21. The summed E-state index contributed by atoms with van der Waals surface area (Å²) in [5.41, 5.74) is 3.42. The number of halogens is 1. The molecule has 0 aliphatic carbocycles. The molecule has 0 amide bonds. The van der Waals surface area contributed by atoms with E-state index in [4.69, 9.17) is 21.1 Å². The average Bonchev–Trinajstić information content (AvgIpc) is 3.11. The van der Waals surface area contributed by atoms with Crippen molar-refractivity contribution in [3.8, 4) is 0 Å². The van der Waals surface area contributed by atoms with Crippen LogP contribution in [0.2, 0.25) is 5.02 Å². The van der Waals surface area contributed by atoms with Gasteiger partial charge in [0.25, 0.3) is 11.0 Å². The fourth-order valence-electron chi connectivity index (χ4n) is 3.70. The standard InChI is InChI=1S/C26H25ClN2O9/c1-16-6-11-23-22(14-16)21(17(2)28(23)25(31)19-7-9-20(27)10-8-19)15-24(30)35-12-4-5-13-36-26(32)37-18(3)38-29(33)34/h4-11,14,18H,12-13,15H2,1-3H3/b5-4-. The fourth-order valence-corrected chi connectivity index (χ4v) is 3.83. The summed E-state index contributed by atoms with van der Waals surface area (Å²) in [7, 11) is 0. The van der Waals surface area contributed by atoms with E-state index in [9.17, 15) is 24.5 Å². The zero-order valence-electron chi connectivity index (χ0n) is 20.8. The Morgan fingerprint density at radius 1 is 1.05 bits per heavy atom. The number of fused-ring (bicyclic) bond motifs is 1. The zero-order chi connectivity index (χ0) is 27.8. The molecule has 0 N–H and O–H groups in total. The van der Waals surface area contributed by atoms with Crippen LogP contribution in [0, 0.1) is 24.0 Å². The van der Waals surface area contributed by atoms with E-state index in [0.717, 1.165) is 17.9 Å². The Morgan fingerprint density at radius 3 is 2.37 bits per heavy atom. The number of hydrogen-bond acceptors (Lipinski definition) is 9. The number of rotatable bonds is 10. The third kappa shape index (κ3) is 7.32. The first-order valence-corrected chi connectivity index (χ1v) is 11.8. The molecule has 0 aliphatic heterocycles. The maximum atomic E-state index is 13.3. The van der Waals surface area contributed by atoms with Gasteiger partial charge in [0.15, 0.2) is 0 Å². The fraction of sp³-hybridized carbons (Fsp3) is 0.269. The summed E-state index contributed by atoms with van der Waals surface area (Å²) >= 11 is 5.96. The van der Waals surface area contributed by atoms with Crippen LogP contribution in [-0.4, -0.2) is 47.2 Å². The Morgan fingerprint density at radius 2 is 1.71 bits per heavy atom. The molecule has 200 valence electrons. The molecule has 0 saturated carbocycles. The van der Waals surface area contributed by atoms with Crippen molar-refractivity contribution in [2.45, 2.75) is 33.5 Å². The Bertz CT molecular complexity index is 1380. The molecule has 0 aliphatic rings. The second kappa shape index (κ2) is 12.7. The second-order valence-electron chi connectivity index (χ2n) is 8.14. The first kappa shape index (κ1) is 28.2. The molecule has 3 rings (SSSR count). The van der Waals surface area contributed by atoms with Crippen LogP contribution in [0.3, 0.4) is 0 Å². The van der Waals surface area contributed by atoms with E-state index in [1.165, 1.54) is 12.2 Å². The lowest BCUT2D eigenvalue weighted by molar-refractivity contribution is -0.777. The number of esters is 1. The van der Waals surface area contributed by atoms with E-state index in [-0.39, 0.29) is 25.5 Å². The summed E-state index contributed by atoms with van der Waals surface area (Å²) in [6, 6.07) is 12.2. The van der Waals surface area contributed by atoms with Gasteiger partial charge in [-0.05, 0) is 74.9 Å². The van der Waals surface area contributed by atoms with Crippen molar-refractivity contribution in [1.82, 2.24) is 4.57 Å². The summed E-state index contributed by atoms with van der Waals surface area (Å²) in [4.78, 5) is 51.5. The lowest BCUT2D eigenvalue weighted by atomic mass is 10.1. The monoisotopic (exact) mass is 544 g/mol. The predicted molar refractivity (Wildman–Crippen MR) is 136 cm³/mol. The minimum absolute atomic E-state index is 0.0579. The third-order valence-corrected chi connectivity index (χ3v) is 5.66. The van der Waals surface area contributed by atoms with Gasteiger partial charge < -0.3 is 14.2 Å². The molecule has 0 saturated heterocycles. The SMILES string of the molecule is Cc1ccc2c(c1)c(CC(=O)OC/C=C\COC(=O)OC(C)O[N+](=O)[O-])c(C)n2C(=O)c1ccc(Cl)cc1. The molecular weight excluding hydrogens is 520 g/mol. The highest BCUT2D eigenvalue weighted by molar-refractivity contribution is 6.30. The van der Waals surface area contributed by atoms with Gasteiger partial charge in [0.2, 0.25) is 6.29 Å². The molecule has 12 heteroatoms. The molecule has 2 aromatic carbocycles. The van der Waals surface area contributed by atoms with E-state index < -0.39 is 23.5 Å². The highest BCUT2D eigenvalue weighted by Crippen LogP contribution is 2.29. The smallest absolute Gasteiger partial charge is 0.461 e. The minimum atomic E-state index is -1.41. The zero-order valence-corrected chi connectivity index (χ0v) is 21.6. The number of carbonyl (C=O) groups excluding carboxylic acids is 3. The Balaban J connectivity index is 1.62. The first-order valence-electron chi connectivity index (χ1n) is 11.4. The molecule has 1 heterocycles. The molecular formula is C26H25ClN2O9. The highest BCUT2D eigenvalue weighted by Gasteiger charge is 2.22. The third-order valence-electron chi connectivity index (χ3n) is 5.41. The summed E-state index contributed by atoms with van der Waals surface area (Å²) in [6.45, 7) is 4.57. The van der Waals surface area contributed by atoms with Crippen molar-refractivity contribution in [3.63, 3.8) is 0 Å². The maximum absolute atomic E-state index is 13.3. The van der Waals surface area contributed by atoms with Crippen LogP contribution >= 0.6 is 11.6 Å². The number of aryl methyl sites for hydroxylation is 1. The van der Waals surface area contributed by atoms with Crippen LogP contribution in [0.25, 0.3) is 10.9 Å². The number of hydrogen-bond donors (Lipinski definition) is 0. The Kier molecular flexibility index (Phi) is 9.44. The molecule has 38 heavy (non-hydrogen) atoms. The quantitative estimate of drug-likeness (QED) is 0.114. The first-order chi connectivity index (χ1) is 18.1. The van der Waals surface area contributed by atoms with Gasteiger partial charge >= 0.3 is 12.1 Å². The number of aromatic nitrogens is 1. The molecule has 0 radical (unpaired) electrons. The van der Waals surface area contributed by atoms with Crippen molar-refractivity contribution in [1.29, 1.82) is 0 Å². The van der Waals surface area contributed by atoms with E-state index in [1.807, 2.05) is 25.1 Å². The van der Waals surface area contributed by atoms with Crippen LogP contribution in [0.1, 0.15) is 34.1 Å². The number of nitrogens with zero attached hydrogens (tertiary/aromatic N) is 2. The summed E-state index contributed by atoms with van der Waals surface area (Å²) in [5, 5.41) is 10.4. The molecule has 0 bridgehead atoms. The summed E-state index contributed by atoms with van der Waals surface area (Å²) in [5.74, 6) is -0.753. The van der Waals surface area contributed by atoms with E-state index in [2.05, 4.69) is 9.57 Å². The van der Waals surface area contributed by atoms with Crippen molar-refractivity contribution in [2.24, 2.45) is 0 Å². The van der Waals surface area contributed by atoms with Crippen LogP contribution in [-0.2, 0) is 30.3 Å². The Labute approximate surface area is 222 Å². The molecule has 1 unspecified atom stereocenters. The van der Waals surface area contributed by atoms with Crippen molar-refractivity contribution in [3.05, 3.63) is 92.1 Å². The van der Waals surface area contributed by atoms with E-state index in [0.29, 0.717) is 27.4 Å². The molecule has 11 nitrogen and oxygen atoms in total. The van der Waals surface area contributed by atoms with Gasteiger partial charge in [0, 0.05) is 21.7 Å². The molecule has 1 aromatic heterocycles. The van der Waals surface area contributed by atoms with Gasteiger partial charge in [-0.25, -0.2) is 4.79 Å². The minimum Gasteiger partial charge on any atom is -0.461 e. The average molecular weight is 545 g/mol. The van der Waals surface area contributed by atoms with Gasteiger partial charge in [0.05, 0.1) is 11.9 Å². The summed E-state index contributed by atoms with van der Waals surface area (Å²) in [6.07, 6.45) is 0.251. The van der Waals surface area contributed by atoms with Crippen molar-refractivity contribution < 1.29 is 38.5 Å². The predicted octanol–water partition coefficient (Wildman–Crippen LogP) is 4.95. The van der Waals surface area contributed by atoms with Gasteiger partial charge in [-0.15, -0.1) is 10.1 Å². The molecule has 0 spiro atoms. The Hall–Kier alpha value is -4.38. The van der Waals surface area contributed by atoms with Gasteiger partial charge in [-0.1, -0.05) is 23.2 Å².